The first-order valence-corrected chi connectivity index (χ1v) is 4.83. The van der Waals surface area contributed by atoms with Gasteiger partial charge in [-0.1, -0.05) is 0 Å². The van der Waals surface area contributed by atoms with Crippen LogP contribution in [0.1, 0.15) is 0 Å². The summed E-state index contributed by atoms with van der Waals surface area (Å²) in [6.07, 6.45) is 0. The fraction of sp³-hybridized carbons (Fsp3) is 0. The van der Waals surface area contributed by atoms with E-state index in [1.165, 1.54) is 0 Å². The zero-order valence-electron chi connectivity index (χ0n) is 8.27. The second kappa shape index (κ2) is 3.06. The molecule has 0 fully saturated rings. The van der Waals surface area contributed by atoms with Crippen LogP contribution in [0, 0.1) is 0 Å². The molecule has 3 rings (SSSR count). The van der Waals surface area contributed by atoms with E-state index < -0.39 is 0 Å². The Morgan fingerprint density at radius 1 is 0.812 bits per heavy atom. The van der Waals surface area contributed by atoms with Crippen LogP contribution in [0.5, 0.6) is 23.0 Å². The third kappa shape index (κ3) is 1.32. The number of phenolic OH excluding ortho intramolecular Hbond substituents is 2. The van der Waals surface area contributed by atoms with E-state index in [4.69, 9.17) is 4.74 Å². The molecule has 4 heteroatoms. The molecule has 0 saturated carbocycles. The molecule has 3 N–H and O–H groups in total. The number of fused-ring (bicyclic) bond motifs is 2. The zero-order valence-corrected chi connectivity index (χ0v) is 8.27. The fourth-order valence-electron chi connectivity index (χ4n) is 1.67. The molecule has 1 heterocycles. The van der Waals surface area contributed by atoms with E-state index in [9.17, 15) is 10.2 Å². The highest BCUT2D eigenvalue weighted by Gasteiger charge is 2.16. The molecule has 0 aromatic heterocycles. The highest BCUT2D eigenvalue weighted by molar-refractivity contribution is 5.77. The summed E-state index contributed by atoms with van der Waals surface area (Å²) in [5.41, 5.74) is 1.36. The molecular weight excluding hydrogens is 206 g/mol. The number of anilines is 2. The minimum Gasteiger partial charge on any atom is -0.508 e. The maximum Gasteiger partial charge on any atom is 0.151 e. The van der Waals surface area contributed by atoms with Crippen LogP contribution in [0.3, 0.4) is 0 Å². The van der Waals surface area contributed by atoms with Crippen LogP contribution in [-0.4, -0.2) is 10.2 Å². The van der Waals surface area contributed by atoms with Gasteiger partial charge in [0.2, 0.25) is 0 Å². The molecule has 0 radical (unpaired) electrons. The monoisotopic (exact) mass is 215 g/mol. The number of phenols is 2. The van der Waals surface area contributed by atoms with E-state index in [2.05, 4.69) is 5.32 Å². The van der Waals surface area contributed by atoms with Gasteiger partial charge in [0.25, 0.3) is 0 Å². The van der Waals surface area contributed by atoms with Crippen molar-refractivity contribution in [3.8, 4) is 23.0 Å². The van der Waals surface area contributed by atoms with E-state index in [-0.39, 0.29) is 11.5 Å². The number of hydrogen-bond acceptors (Lipinski definition) is 4. The highest BCUT2D eigenvalue weighted by atomic mass is 16.5. The summed E-state index contributed by atoms with van der Waals surface area (Å²) in [5.74, 6) is 1.63. The van der Waals surface area contributed by atoms with Crippen molar-refractivity contribution in [3.63, 3.8) is 0 Å². The first-order chi connectivity index (χ1) is 7.72. The summed E-state index contributed by atoms with van der Waals surface area (Å²) < 4.78 is 5.60. The highest BCUT2D eigenvalue weighted by Crippen LogP contribution is 2.43. The third-order valence-electron chi connectivity index (χ3n) is 2.42. The molecule has 0 spiro atoms. The zero-order chi connectivity index (χ0) is 11.1. The van der Waals surface area contributed by atoms with Crippen molar-refractivity contribution in [1.29, 1.82) is 0 Å². The Morgan fingerprint density at radius 2 is 1.31 bits per heavy atom. The molecule has 0 bridgehead atoms. The lowest BCUT2D eigenvalue weighted by atomic mass is 10.2. The summed E-state index contributed by atoms with van der Waals surface area (Å²) in [7, 11) is 0. The average Bonchev–Trinajstić information content (AvgIpc) is 2.26. The van der Waals surface area contributed by atoms with Crippen LogP contribution in [0.4, 0.5) is 11.4 Å². The Labute approximate surface area is 91.7 Å². The van der Waals surface area contributed by atoms with E-state index in [0.717, 1.165) is 0 Å². The Kier molecular flexibility index (Phi) is 1.71. The van der Waals surface area contributed by atoms with Gasteiger partial charge in [-0.15, -0.1) is 0 Å². The van der Waals surface area contributed by atoms with Crippen LogP contribution < -0.4 is 10.1 Å². The van der Waals surface area contributed by atoms with Gasteiger partial charge in [0.1, 0.15) is 11.5 Å². The molecule has 0 atom stereocenters. The molecule has 1 aliphatic heterocycles. The van der Waals surface area contributed by atoms with Crippen molar-refractivity contribution in [3.05, 3.63) is 36.4 Å². The van der Waals surface area contributed by atoms with Gasteiger partial charge in [-0.3, -0.25) is 0 Å². The first kappa shape index (κ1) is 8.91. The third-order valence-corrected chi connectivity index (χ3v) is 2.42. The molecule has 16 heavy (non-hydrogen) atoms. The largest absolute Gasteiger partial charge is 0.508 e. The Bertz CT molecular complexity index is 517. The summed E-state index contributed by atoms with van der Waals surface area (Å²) in [5, 5.41) is 21.8. The van der Waals surface area contributed by atoms with Gasteiger partial charge >= 0.3 is 0 Å². The topological polar surface area (TPSA) is 61.7 Å². The fourth-order valence-corrected chi connectivity index (χ4v) is 1.67. The standard InChI is InChI=1S/C12H9NO3/c14-7-1-3-11-9(5-7)13-10-6-8(15)2-4-12(10)16-11/h1-6,13-15H. The number of ether oxygens (including phenoxy) is 1. The Hall–Kier alpha value is -2.36. The molecule has 2 aromatic rings. The number of nitrogens with one attached hydrogen (secondary N) is 1. The van der Waals surface area contributed by atoms with Crippen LogP contribution in [0.2, 0.25) is 0 Å². The molecule has 0 saturated heterocycles. The predicted molar refractivity (Wildman–Crippen MR) is 59.6 cm³/mol. The minimum atomic E-state index is 0.165. The maximum atomic E-state index is 9.35. The summed E-state index contributed by atoms with van der Waals surface area (Å²) in [6.45, 7) is 0. The first-order valence-electron chi connectivity index (χ1n) is 4.83. The molecule has 80 valence electrons. The quantitative estimate of drug-likeness (QED) is 0.539. The Balaban J connectivity index is 2.10. The summed E-state index contributed by atoms with van der Waals surface area (Å²) in [6, 6.07) is 9.64. The van der Waals surface area contributed by atoms with Crippen LogP contribution in [0.25, 0.3) is 0 Å². The van der Waals surface area contributed by atoms with Crippen LogP contribution in [-0.2, 0) is 0 Å². The van der Waals surface area contributed by atoms with E-state index >= 15 is 0 Å². The van der Waals surface area contributed by atoms with Crippen molar-refractivity contribution in [2.24, 2.45) is 0 Å². The second-order valence-corrected chi connectivity index (χ2v) is 3.59. The van der Waals surface area contributed by atoms with Crippen molar-refractivity contribution < 1.29 is 14.9 Å². The lowest BCUT2D eigenvalue weighted by Gasteiger charge is -2.21. The van der Waals surface area contributed by atoms with Crippen molar-refractivity contribution in [2.75, 3.05) is 5.32 Å². The summed E-state index contributed by atoms with van der Waals surface area (Å²) >= 11 is 0. The maximum absolute atomic E-state index is 9.35. The van der Waals surface area contributed by atoms with Gasteiger partial charge < -0.3 is 20.3 Å². The van der Waals surface area contributed by atoms with E-state index in [1.54, 1.807) is 36.4 Å². The summed E-state index contributed by atoms with van der Waals surface area (Å²) in [4.78, 5) is 0. The number of benzene rings is 2. The molecule has 0 aliphatic carbocycles. The van der Waals surface area contributed by atoms with Crippen molar-refractivity contribution in [1.82, 2.24) is 0 Å². The Morgan fingerprint density at radius 3 is 1.81 bits per heavy atom. The second-order valence-electron chi connectivity index (χ2n) is 3.59. The number of rotatable bonds is 0. The van der Waals surface area contributed by atoms with Crippen LogP contribution >= 0.6 is 0 Å². The lowest BCUT2D eigenvalue weighted by Crippen LogP contribution is -2.02. The molecule has 0 unspecified atom stereocenters. The van der Waals surface area contributed by atoms with Gasteiger partial charge in [-0.05, 0) is 24.3 Å². The van der Waals surface area contributed by atoms with E-state index in [1.807, 2.05) is 0 Å². The molecule has 4 nitrogen and oxygen atoms in total. The van der Waals surface area contributed by atoms with Crippen LogP contribution in [0.15, 0.2) is 36.4 Å². The normalized spacial score (nSPS) is 12.0. The van der Waals surface area contributed by atoms with Gasteiger partial charge in [-0.25, -0.2) is 0 Å². The van der Waals surface area contributed by atoms with E-state index in [0.29, 0.717) is 22.9 Å². The number of aromatic hydroxyl groups is 2. The molecule has 2 aromatic carbocycles. The average molecular weight is 215 g/mol. The van der Waals surface area contributed by atoms with Crippen molar-refractivity contribution in [2.45, 2.75) is 0 Å². The smallest absolute Gasteiger partial charge is 0.151 e. The molecule has 1 aliphatic rings. The van der Waals surface area contributed by atoms with Gasteiger partial charge in [0.05, 0.1) is 11.4 Å². The molecular formula is C12H9NO3. The minimum absolute atomic E-state index is 0.165. The van der Waals surface area contributed by atoms with Gasteiger partial charge in [0, 0.05) is 12.1 Å². The van der Waals surface area contributed by atoms with Gasteiger partial charge in [0.15, 0.2) is 11.5 Å². The lowest BCUT2D eigenvalue weighted by molar-refractivity contribution is 0.458. The van der Waals surface area contributed by atoms with Crippen molar-refractivity contribution >= 4 is 11.4 Å². The molecule has 0 amide bonds. The predicted octanol–water partition coefficient (Wildman–Crippen LogP) is 2.95. The SMILES string of the molecule is Oc1ccc2c(c1)Nc1cc(O)ccc1O2. The van der Waals surface area contributed by atoms with Gasteiger partial charge in [-0.2, -0.15) is 0 Å². The number of hydrogen-bond donors (Lipinski definition) is 3.